The van der Waals surface area contributed by atoms with Gasteiger partial charge >= 0.3 is 0 Å². The predicted molar refractivity (Wildman–Crippen MR) is 83.9 cm³/mol. The molecule has 4 nitrogen and oxygen atoms in total. The molecule has 0 spiro atoms. The molecule has 2 aromatic carbocycles. The zero-order valence-corrected chi connectivity index (χ0v) is 12.0. The number of anilines is 1. The highest BCUT2D eigenvalue weighted by atomic mass is 16.5. The molecule has 0 unspecified atom stereocenters. The van der Waals surface area contributed by atoms with Gasteiger partial charge < -0.3 is 14.6 Å². The molecule has 4 heteroatoms. The first kappa shape index (κ1) is 13.2. The summed E-state index contributed by atoms with van der Waals surface area (Å²) >= 11 is 0. The second-order valence-corrected chi connectivity index (χ2v) is 4.85. The van der Waals surface area contributed by atoms with Gasteiger partial charge in [0.1, 0.15) is 5.75 Å². The summed E-state index contributed by atoms with van der Waals surface area (Å²) in [4.78, 5) is 12.5. The lowest BCUT2D eigenvalue weighted by atomic mass is 10.1. The Morgan fingerprint density at radius 1 is 1.10 bits per heavy atom. The standard InChI is InChI=1S/C17H16N2O2/c1-19-11-10-12-4-3-5-15(16(12)19)17(20)18-13-6-8-14(21-2)9-7-13/h3-11H,1-2H3,(H,18,20). The van der Waals surface area contributed by atoms with E-state index in [2.05, 4.69) is 5.32 Å². The first-order valence-electron chi connectivity index (χ1n) is 6.68. The Balaban J connectivity index is 1.91. The molecule has 3 aromatic rings. The van der Waals surface area contributed by atoms with Crippen LogP contribution in [0.2, 0.25) is 0 Å². The van der Waals surface area contributed by atoms with Gasteiger partial charge in [-0.3, -0.25) is 4.79 Å². The van der Waals surface area contributed by atoms with Crippen LogP contribution in [0.1, 0.15) is 10.4 Å². The molecule has 0 aliphatic carbocycles. The highest BCUT2D eigenvalue weighted by Gasteiger charge is 2.12. The molecule has 3 rings (SSSR count). The van der Waals surface area contributed by atoms with Crippen LogP contribution in [0.3, 0.4) is 0 Å². The van der Waals surface area contributed by atoms with Gasteiger partial charge in [0.2, 0.25) is 0 Å². The van der Waals surface area contributed by atoms with E-state index in [-0.39, 0.29) is 5.91 Å². The Morgan fingerprint density at radius 3 is 2.57 bits per heavy atom. The highest BCUT2D eigenvalue weighted by Crippen LogP contribution is 2.21. The molecule has 0 atom stereocenters. The Labute approximate surface area is 123 Å². The highest BCUT2D eigenvalue weighted by molar-refractivity contribution is 6.12. The van der Waals surface area contributed by atoms with Gasteiger partial charge in [0.05, 0.1) is 18.2 Å². The molecule has 21 heavy (non-hydrogen) atoms. The first-order valence-corrected chi connectivity index (χ1v) is 6.68. The van der Waals surface area contributed by atoms with Crippen LogP contribution >= 0.6 is 0 Å². The van der Waals surface area contributed by atoms with Crippen molar-refractivity contribution in [2.75, 3.05) is 12.4 Å². The molecule has 106 valence electrons. The molecule has 1 heterocycles. The Kier molecular flexibility index (Phi) is 3.36. The minimum atomic E-state index is -0.118. The number of rotatable bonds is 3. The van der Waals surface area contributed by atoms with E-state index in [1.54, 1.807) is 7.11 Å². The topological polar surface area (TPSA) is 43.3 Å². The summed E-state index contributed by atoms with van der Waals surface area (Å²) in [5, 5.41) is 3.97. The maximum Gasteiger partial charge on any atom is 0.257 e. The fraction of sp³-hybridized carbons (Fsp3) is 0.118. The van der Waals surface area contributed by atoms with Crippen molar-refractivity contribution in [3.8, 4) is 5.75 Å². The largest absolute Gasteiger partial charge is 0.497 e. The van der Waals surface area contributed by atoms with Gasteiger partial charge in [-0.15, -0.1) is 0 Å². The number of fused-ring (bicyclic) bond motifs is 1. The van der Waals surface area contributed by atoms with Gasteiger partial charge in [-0.1, -0.05) is 12.1 Å². The Hall–Kier alpha value is -2.75. The van der Waals surface area contributed by atoms with Crippen LogP contribution in [-0.4, -0.2) is 17.6 Å². The van der Waals surface area contributed by atoms with E-state index in [1.807, 2.05) is 66.3 Å². The van der Waals surface area contributed by atoms with Gasteiger partial charge in [-0.25, -0.2) is 0 Å². The zero-order chi connectivity index (χ0) is 14.8. The molecule has 0 bridgehead atoms. The van der Waals surface area contributed by atoms with Crippen molar-refractivity contribution in [2.45, 2.75) is 0 Å². The molecule has 1 amide bonds. The number of amides is 1. The van der Waals surface area contributed by atoms with E-state index in [0.717, 1.165) is 22.3 Å². The number of aryl methyl sites for hydroxylation is 1. The smallest absolute Gasteiger partial charge is 0.257 e. The SMILES string of the molecule is COc1ccc(NC(=O)c2cccc3ccn(C)c23)cc1. The van der Waals surface area contributed by atoms with Crippen LogP contribution in [0.5, 0.6) is 5.75 Å². The van der Waals surface area contributed by atoms with Crippen molar-refractivity contribution in [1.82, 2.24) is 4.57 Å². The summed E-state index contributed by atoms with van der Waals surface area (Å²) in [6.07, 6.45) is 1.95. The van der Waals surface area contributed by atoms with Crippen molar-refractivity contribution >= 4 is 22.5 Å². The van der Waals surface area contributed by atoms with Gasteiger partial charge in [0, 0.05) is 24.3 Å². The number of benzene rings is 2. The fourth-order valence-corrected chi connectivity index (χ4v) is 2.41. The van der Waals surface area contributed by atoms with E-state index in [1.165, 1.54) is 0 Å². The first-order chi connectivity index (χ1) is 10.2. The zero-order valence-electron chi connectivity index (χ0n) is 12.0. The van der Waals surface area contributed by atoms with E-state index in [9.17, 15) is 4.79 Å². The van der Waals surface area contributed by atoms with Crippen molar-refractivity contribution in [3.05, 3.63) is 60.3 Å². The molecular formula is C17H16N2O2. The van der Waals surface area contributed by atoms with Crippen LogP contribution in [0.25, 0.3) is 10.9 Å². The van der Waals surface area contributed by atoms with Crippen LogP contribution in [-0.2, 0) is 7.05 Å². The number of aromatic nitrogens is 1. The minimum Gasteiger partial charge on any atom is -0.497 e. The monoisotopic (exact) mass is 280 g/mol. The summed E-state index contributed by atoms with van der Waals surface area (Å²) in [6, 6.07) is 15.0. The molecule has 1 N–H and O–H groups in total. The van der Waals surface area contributed by atoms with E-state index >= 15 is 0 Å². The van der Waals surface area contributed by atoms with Crippen molar-refractivity contribution in [3.63, 3.8) is 0 Å². The van der Waals surface area contributed by atoms with Crippen molar-refractivity contribution < 1.29 is 9.53 Å². The number of ether oxygens (including phenoxy) is 1. The minimum absolute atomic E-state index is 0.118. The lowest BCUT2D eigenvalue weighted by Gasteiger charge is -2.08. The molecule has 1 aromatic heterocycles. The van der Waals surface area contributed by atoms with Crippen LogP contribution in [0, 0.1) is 0 Å². The molecule has 0 radical (unpaired) electrons. The van der Waals surface area contributed by atoms with Crippen molar-refractivity contribution in [2.24, 2.45) is 7.05 Å². The summed E-state index contributed by atoms with van der Waals surface area (Å²) < 4.78 is 7.06. The van der Waals surface area contributed by atoms with E-state index in [0.29, 0.717) is 5.56 Å². The quantitative estimate of drug-likeness (QED) is 0.798. The number of para-hydroxylation sites is 1. The Bertz CT molecular complexity index is 788. The molecule has 0 aliphatic rings. The van der Waals surface area contributed by atoms with Crippen LogP contribution in [0.4, 0.5) is 5.69 Å². The van der Waals surface area contributed by atoms with Crippen LogP contribution in [0.15, 0.2) is 54.7 Å². The average Bonchev–Trinajstić information content (AvgIpc) is 2.90. The maximum absolute atomic E-state index is 12.5. The van der Waals surface area contributed by atoms with E-state index in [4.69, 9.17) is 4.74 Å². The van der Waals surface area contributed by atoms with Gasteiger partial charge in [0.15, 0.2) is 0 Å². The van der Waals surface area contributed by atoms with E-state index < -0.39 is 0 Å². The third kappa shape index (κ3) is 2.48. The number of nitrogens with zero attached hydrogens (tertiary/aromatic N) is 1. The molecule has 0 saturated carbocycles. The second-order valence-electron chi connectivity index (χ2n) is 4.85. The molecule has 0 aliphatic heterocycles. The van der Waals surface area contributed by atoms with Gasteiger partial charge in [-0.2, -0.15) is 0 Å². The normalized spacial score (nSPS) is 10.6. The number of hydrogen-bond acceptors (Lipinski definition) is 2. The summed E-state index contributed by atoms with van der Waals surface area (Å²) in [6.45, 7) is 0. The average molecular weight is 280 g/mol. The van der Waals surface area contributed by atoms with Gasteiger partial charge in [-0.05, 0) is 36.4 Å². The number of methoxy groups -OCH3 is 1. The maximum atomic E-state index is 12.5. The third-order valence-electron chi connectivity index (χ3n) is 3.49. The molecule has 0 fully saturated rings. The lowest BCUT2D eigenvalue weighted by molar-refractivity contribution is 0.102. The second kappa shape index (κ2) is 5.32. The molecule has 0 saturated heterocycles. The number of carbonyl (C=O) groups excluding carboxylic acids is 1. The summed E-state index contributed by atoms with van der Waals surface area (Å²) in [5.74, 6) is 0.644. The number of hydrogen-bond donors (Lipinski definition) is 1. The lowest BCUT2D eigenvalue weighted by Crippen LogP contribution is -2.13. The predicted octanol–water partition coefficient (Wildman–Crippen LogP) is 3.44. The van der Waals surface area contributed by atoms with Gasteiger partial charge in [0.25, 0.3) is 5.91 Å². The third-order valence-corrected chi connectivity index (χ3v) is 3.49. The van der Waals surface area contributed by atoms with Crippen LogP contribution < -0.4 is 10.1 Å². The number of nitrogens with one attached hydrogen (secondary N) is 1. The summed E-state index contributed by atoms with van der Waals surface area (Å²) in [7, 11) is 3.55. The number of carbonyl (C=O) groups is 1. The summed E-state index contributed by atoms with van der Waals surface area (Å²) in [5.41, 5.74) is 2.34. The van der Waals surface area contributed by atoms with Crippen molar-refractivity contribution in [1.29, 1.82) is 0 Å². The molecular weight excluding hydrogens is 264 g/mol. The fourth-order valence-electron chi connectivity index (χ4n) is 2.41. The Morgan fingerprint density at radius 2 is 1.86 bits per heavy atom.